The minimum Gasteiger partial charge on any atom is -0.396 e. The van der Waals surface area contributed by atoms with Gasteiger partial charge in [-0.25, -0.2) is 13.8 Å². The summed E-state index contributed by atoms with van der Waals surface area (Å²) in [6.07, 6.45) is -1.04. The largest absolute Gasteiger partial charge is 0.396 e. The molecule has 0 aromatic carbocycles. The monoisotopic (exact) mass is 465 g/mol. The maximum Gasteiger partial charge on any atom is 0.264 e. The molecule has 0 aliphatic carbocycles. The third-order valence-corrected chi connectivity index (χ3v) is 5.88. The summed E-state index contributed by atoms with van der Waals surface area (Å²) in [5, 5.41) is 9.51. The molecule has 2 aliphatic rings. The van der Waals surface area contributed by atoms with Gasteiger partial charge in [-0.15, -0.1) is 0 Å². The molecular formula is C21H29F2N7O3. The fourth-order valence-electron chi connectivity index (χ4n) is 4.11. The molecule has 4 rings (SSSR count). The van der Waals surface area contributed by atoms with E-state index in [1.807, 2.05) is 23.6 Å². The Balaban J connectivity index is 1.86. The first kappa shape index (κ1) is 23.5. The van der Waals surface area contributed by atoms with Crippen molar-refractivity contribution in [1.82, 2.24) is 19.9 Å². The average molecular weight is 466 g/mol. The van der Waals surface area contributed by atoms with E-state index < -0.39 is 12.0 Å². The predicted octanol–water partition coefficient (Wildman–Crippen LogP) is 1.66. The Labute approximate surface area is 190 Å². The van der Waals surface area contributed by atoms with E-state index in [1.54, 1.807) is 0 Å². The lowest BCUT2D eigenvalue weighted by Gasteiger charge is -2.42. The van der Waals surface area contributed by atoms with Gasteiger partial charge in [0.15, 0.2) is 5.82 Å². The number of nitrogens with zero attached hydrogens (tertiary/aromatic N) is 6. The zero-order valence-corrected chi connectivity index (χ0v) is 18.7. The molecule has 0 radical (unpaired) electrons. The van der Waals surface area contributed by atoms with Crippen molar-refractivity contribution in [3.63, 3.8) is 0 Å². The quantitative estimate of drug-likeness (QED) is 0.651. The van der Waals surface area contributed by atoms with E-state index in [0.717, 1.165) is 6.07 Å². The highest BCUT2D eigenvalue weighted by Gasteiger charge is 2.35. The van der Waals surface area contributed by atoms with Gasteiger partial charge in [-0.3, -0.25) is 0 Å². The highest BCUT2D eigenvalue weighted by Crippen LogP contribution is 2.33. The smallest absolute Gasteiger partial charge is 0.264 e. The van der Waals surface area contributed by atoms with Crippen LogP contribution in [0.5, 0.6) is 0 Å². The number of rotatable bonds is 6. The Hall–Kier alpha value is -2.70. The van der Waals surface area contributed by atoms with Crippen LogP contribution in [0.25, 0.3) is 11.4 Å². The van der Waals surface area contributed by atoms with Gasteiger partial charge >= 0.3 is 0 Å². The topological polar surface area (TPSA) is 123 Å². The average Bonchev–Trinajstić information content (AvgIpc) is 2.79. The van der Waals surface area contributed by atoms with E-state index in [4.69, 9.17) is 20.2 Å². The van der Waals surface area contributed by atoms with Crippen LogP contribution < -0.4 is 15.5 Å². The van der Waals surface area contributed by atoms with Gasteiger partial charge in [0.1, 0.15) is 5.82 Å². The van der Waals surface area contributed by atoms with Crippen molar-refractivity contribution in [3.05, 3.63) is 17.8 Å². The summed E-state index contributed by atoms with van der Waals surface area (Å²) in [6, 6.07) is 0.995. The van der Waals surface area contributed by atoms with Gasteiger partial charge in [-0.2, -0.15) is 15.0 Å². The fraction of sp³-hybridized carbons (Fsp3) is 0.619. The molecule has 10 nitrogen and oxygen atoms in total. The highest BCUT2D eigenvalue weighted by atomic mass is 19.3. The van der Waals surface area contributed by atoms with Crippen molar-refractivity contribution in [2.24, 2.45) is 0 Å². The molecule has 2 aromatic heterocycles. The number of nitrogens with two attached hydrogens (primary N) is 1. The molecule has 0 unspecified atom stereocenters. The number of hydrogen-bond acceptors (Lipinski definition) is 10. The van der Waals surface area contributed by atoms with E-state index in [0.29, 0.717) is 57.8 Å². The van der Waals surface area contributed by atoms with Gasteiger partial charge < -0.3 is 30.1 Å². The molecule has 33 heavy (non-hydrogen) atoms. The Morgan fingerprint density at radius 2 is 1.94 bits per heavy atom. The van der Waals surface area contributed by atoms with E-state index in [-0.39, 0.29) is 35.4 Å². The minimum absolute atomic E-state index is 0.00550. The molecule has 3 N–H and O–H groups in total. The molecular weight excluding hydrogens is 436 g/mol. The van der Waals surface area contributed by atoms with E-state index in [1.165, 1.54) is 6.20 Å². The normalized spacial score (nSPS) is 21.0. The van der Waals surface area contributed by atoms with Crippen LogP contribution in [-0.2, 0) is 9.47 Å². The lowest BCUT2D eigenvalue weighted by molar-refractivity contribution is 0.0633. The second-order valence-electron chi connectivity index (χ2n) is 8.71. The molecule has 0 spiro atoms. The van der Waals surface area contributed by atoms with E-state index >= 15 is 0 Å². The maximum absolute atomic E-state index is 13.9. The van der Waals surface area contributed by atoms with Crippen molar-refractivity contribution in [3.8, 4) is 11.4 Å². The van der Waals surface area contributed by atoms with E-state index in [9.17, 15) is 13.9 Å². The number of alkyl halides is 2. The highest BCUT2D eigenvalue weighted by molar-refractivity contribution is 5.64. The molecule has 2 fully saturated rings. The molecule has 1 atom stereocenters. The molecule has 2 aliphatic heterocycles. The number of nitrogen functional groups attached to an aromatic ring is 1. The number of pyridine rings is 1. The predicted molar refractivity (Wildman–Crippen MR) is 118 cm³/mol. The zero-order valence-electron chi connectivity index (χ0n) is 18.7. The van der Waals surface area contributed by atoms with Crippen LogP contribution >= 0.6 is 0 Å². The molecule has 4 heterocycles. The number of halogens is 2. The SMILES string of the molecule is CC1(C)COCCN1c1nc(-c2cnc(N)cc2C(F)F)nc(N2CCOC[C@H]2CCO)n1. The summed E-state index contributed by atoms with van der Waals surface area (Å²) in [4.78, 5) is 21.8. The van der Waals surface area contributed by atoms with Crippen molar-refractivity contribution >= 4 is 17.7 Å². The minimum atomic E-state index is -2.78. The summed E-state index contributed by atoms with van der Waals surface area (Å²) in [6.45, 7) is 6.88. The van der Waals surface area contributed by atoms with Crippen molar-refractivity contribution in [1.29, 1.82) is 0 Å². The maximum atomic E-state index is 13.9. The van der Waals surface area contributed by atoms with Crippen LogP contribution in [0.3, 0.4) is 0 Å². The first-order chi connectivity index (χ1) is 15.8. The number of ether oxygens (including phenoxy) is 2. The second kappa shape index (κ2) is 9.65. The molecule has 12 heteroatoms. The molecule has 0 saturated carbocycles. The summed E-state index contributed by atoms with van der Waals surface area (Å²) in [5.41, 5.74) is 5.06. The third kappa shape index (κ3) is 4.97. The molecule has 2 aromatic rings. The van der Waals surface area contributed by atoms with Crippen LogP contribution in [-0.4, -0.2) is 82.7 Å². The number of aliphatic hydroxyl groups is 1. The van der Waals surface area contributed by atoms with Crippen LogP contribution in [0.1, 0.15) is 32.3 Å². The van der Waals surface area contributed by atoms with Gasteiger partial charge in [0.05, 0.1) is 38.0 Å². The standard InChI is InChI=1S/C21H29F2N7O3/c1-21(2)12-33-8-5-30(21)20-27-18(15-10-25-16(24)9-14(15)17(22)23)26-19(28-20)29-4-7-32-11-13(29)3-6-31/h9-10,13,17,31H,3-8,11-12H2,1-2H3,(H2,24,25)/t13-/m1/s1. The summed E-state index contributed by atoms with van der Waals surface area (Å²) >= 11 is 0. The van der Waals surface area contributed by atoms with Crippen molar-refractivity contribution < 1.29 is 23.4 Å². The van der Waals surface area contributed by atoms with Gasteiger partial charge in [0, 0.05) is 37.0 Å². The Morgan fingerprint density at radius 3 is 2.67 bits per heavy atom. The number of anilines is 3. The van der Waals surface area contributed by atoms with Gasteiger partial charge in [-0.05, 0) is 26.3 Å². The Morgan fingerprint density at radius 1 is 1.18 bits per heavy atom. The van der Waals surface area contributed by atoms with Crippen LogP contribution in [0.15, 0.2) is 12.3 Å². The van der Waals surface area contributed by atoms with Crippen molar-refractivity contribution in [2.45, 2.75) is 38.3 Å². The summed E-state index contributed by atoms with van der Waals surface area (Å²) < 4.78 is 38.9. The van der Waals surface area contributed by atoms with Crippen molar-refractivity contribution in [2.75, 3.05) is 61.7 Å². The van der Waals surface area contributed by atoms with Crippen LogP contribution in [0.4, 0.5) is 26.5 Å². The van der Waals surface area contributed by atoms with Crippen LogP contribution in [0, 0.1) is 0 Å². The van der Waals surface area contributed by atoms with Gasteiger partial charge in [0.2, 0.25) is 11.9 Å². The first-order valence-electron chi connectivity index (χ1n) is 10.9. The zero-order chi connectivity index (χ0) is 23.6. The Bertz CT molecular complexity index is 977. The van der Waals surface area contributed by atoms with Crippen LogP contribution in [0.2, 0.25) is 0 Å². The lowest BCUT2D eigenvalue weighted by atomic mass is 10.0. The van der Waals surface area contributed by atoms with Gasteiger partial charge in [-0.1, -0.05) is 0 Å². The fourth-order valence-corrected chi connectivity index (χ4v) is 4.11. The summed E-state index contributed by atoms with van der Waals surface area (Å²) in [5.74, 6) is 0.800. The number of aliphatic hydroxyl groups excluding tert-OH is 1. The molecule has 0 bridgehead atoms. The number of hydrogen-bond donors (Lipinski definition) is 2. The summed E-state index contributed by atoms with van der Waals surface area (Å²) in [7, 11) is 0. The Kier molecular flexibility index (Phi) is 6.86. The number of morpholine rings is 2. The second-order valence-corrected chi connectivity index (χ2v) is 8.71. The molecule has 2 saturated heterocycles. The lowest BCUT2D eigenvalue weighted by Crippen LogP contribution is -2.54. The third-order valence-electron chi connectivity index (χ3n) is 5.88. The van der Waals surface area contributed by atoms with E-state index in [2.05, 4.69) is 15.0 Å². The molecule has 0 amide bonds. The first-order valence-corrected chi connectivity index (χ1v) is 10.9. The number of aromatic nitrogens is 4. The van der Waals surface area contributed by atoms with Gasteiger partial charge in [0.25, 0.3) is 6.43 Å². The molecule has 180 valence electrons.